The second-order valence-corrected chi connectivity index (χ2v) is 4.88. The Hall–Kier alpha value is -2.68. The van der Waals surface area contributed by atoms with Crippen molar-refractivity contribution in [2.75, 3.05) is 0 Å². The van der Waals surface area contributed by atoms with Crippen LogP contribution in [0.25, 0.3) is 33.2 Å². The number of aryl methyl sites for hydroxylation is 1. The number of para-hydroxylation sites is 1. The molecule has 0 saturated heterocycles. The Kier molecular flexibility index (Phi) is 2.33. The number of nitrogens with zero attached hydrogens (tertiary/aromatic N) is 2. The molecule has 1 aromatic carbocycles. The zero-order chi connectivity index (χ0) is 13.5. The third kappa shape index (κ3) is 1.60. The lowest BCUT2D eigenvalue weighted by Crippen LogP contribution is -1.86. The SMILES string of the molecule is Cc1ccnc(-c2cncc3c2oc2ccccc23)c1. The van der Waals surface area contributed by atoms with Gasteiger partial charge >= 0.3 is 0 Å². The maximum Gasteiger partial charge on any atom is 0.147 e. The predicted octanol–water partition coefficient (Wildman–Crippen LogP) is 4.35. The van der Waals surface area contributed by atoms with Crippen molar-refractivity contribution < 1.29 is 4.42 Å². The number of benzene rings is 1. The molecule has 20 heavy (non-hydrogen) atoms. The maximum absolute atomic E-state index is 6.00. The van der Waals surface area contributed by atoms with Gasteiger partial charge in [0.25, 0.3) is 0 Å². The molecular formula is C17H12N2O. The molecule has 0 radical (unpaired) electrons. The third-order valence-corrected chi connectivity index (χ3v) is 3.48. The summed E-state index contributed by atoms with van der Waals surface area (Å²) in [5, 5.41) is 2.12. The lowest BCUT2D eigenvalue weighted by Gasteiger charge is -2.01. The summed E-state index contributed by atoms with van der Waals surface area (Å²) in [6.07, 6.45) is 5.47. The van der Waals surface area contributed by atoms with Crippen molar-refractivity contribution in [1.29, 1.82) is 0 Å². The Labute approximate surface area is 115 Å². The van der Waals surface area contributed by atoms with Gasteiger partial charge in [-0.3, -0.25) is 9.97 Å². The van der Waals surface area contributed by atoms with Gasteiger partial charge in [0.15, 0.2) is 0 Å². The third-order valence-electron chi connectivity index (χ3n) is 3.48. The van der Waals surface area contributed by atoms with Crippen LogP contribution >= 0.6 is 0 Å². The first-order valence-electron chi connectivity index (χ1n) is 6.51. The molecule has 0 aliphatic rings. The summed E-state index contributed by atoms with van der Waals surface area (Å²) in [6.45, 7) is 2.05. The first-order chi connectivity index (χ1) is 9.83. The van der Waals surface area contributed by atoms with Crippen LogP contribution in [0.5, 0.6) is 0 Å². The summed E-state index contributed by atoms with van der Waals surface area (Å²) in [5.74, 6) is 0. The molecule has 96 valence electrons. The van der Waals surface area contributed by atoms with Gasteiger partial charge in [0.2, 0.25) is 0 Å². The summed E-state index contributed by atoms with van der Waals surface area (Å²) in [6, 6.07) is 12.0. The van der Waals surface area contributed by atoms with Crippen LogP contribution in [0.2, 0.25) is 0 Å². The first-order valence-corrected chi connectivity index (χ1v) is 6.51. The van der Waals surface area contributed by atoms with Gasteiger partial charge < -0.3 is 4.42 Å². The van der Waals surface area contributed by atoms with Crippen molar-refractivity contribution in [3.63, 3.8) is 0 Å². The van der Waals surface area contributed by atoms with Gasteiger partial charge in [0.1, 0.15) is 11.2 Å². The Bertz CT molecular complexity index is 924. The van der Waals surface area contributed by atoms with E-state index in [-0.39, 0.29) is 0 Å². The number of hydrogen-bond donors (Lipinski definition) is 0. The molecule has 3 heterocycles. The van der Waals surface area contributed by atoms with Gasteiger partial charge in [-0.25, -0.2) is 0 Å². The molecule has 0 fully saturated rings. The number of pyridine rings is 2. The van der Waals surface area contributed by atoms with Gasteiger partial charge in [-0.1, -0.05) is 18.2 Å². The molecule has 0 amide bonds. The van der Waals surface area contributed by atoms with E-state index in [1.54, 1.807) is 0 Å². The van der Waals surface area contributed by atoms with E-state index in [0.717, 1.165) is 33.2 Å². The van der Waals surface area contributed by atoms with Crippen LogP contribution in [-0.2, 0) is 0 Å². The minimum absolute atomic E-state index is 0.847. The fourth-order valence-electron chi connectivity index (χ4n) is 2.50. The molecule has 0 saturated carbocycles. The van der Waals surface area contributed by atoms with Gasteiger partial charge in [-0.2, -0.15) is 0 Å². The van der Waals surface area contributed by atoms with Gasteiger partial charge in [0, 0.05) is 29.4 Å². The number of rotatable bonds is 1. The van der Waals surface area contributed by atoms with E-state index in [2.05, 4.69) is 23.0 Å². The molecule has 0 aliphatic carbocycles. The van der Waals surface area contributed by atoms with Crippen LogP contribution in [0.4, 0.5) is 0 Å². The number of aromatic nitrogens is 2. The first kappa shape index (κ1) is 11.2. The predicted molar refractivity (Wildman–Crippen MR) is 79.5 cm³/mol. The maximum atomic E-state index is 6.00. The standard InChI is InChI=1S/C17H12N2O/c1-11-6-7-19-15(8-11)14-10-18-9-13-12-4-2-3-5-16(12)20-17(13)14/h2-10H,1H3. The Morgan fingerprint density at radius 2 is 1.90 bits per heavy atom. The smallest absolute Gasteiger partial charge is 0.147 e. The molecule has 0 atom stereocenters. The molecule has 0 unspecified atom stereocenters. The number of fused-ring (bicyclic) bond motifs is 3. The van der Waals surface area contributed by atoms with Crippen molar-refractivity contribution in [3.8, 4) is 11.3 Å². The van der Waals surface area contributed by atoms with Crippen LogP contribution in [0.15, 0.2) is 59.4 Å². The van der Waals surface area contributed by atoms with Crippen LogP contribution in [0.3, 0.4) is 0 Å². The van der Waals surface area contributed by atoms with Crippen LogP contribution in [0, 0.1) is 6.92 Å². The molecule has 0 N–H and O–H groups in total. The quantitative estimate of drug-likeness (QED) is 0.510. The van der Waals surface area contributed by atoms with Crippen molar-refractivity contribution >= 4 is 21.9 Å². The van der Waals surface area contributed by atoms with Gasteiger partial charge in [-0.05, 0) is 30.7 Å². The highest BCUT2D eigenvalue weighted by Crippen LogP contribution is 2.34. The van der Waals surface area contributed by atoms with E-state index in [1.165, 1.54) is 5.56 Å². The second kappa shape index (κ2) is 4.17. The summed E-state index contributed by atoms with van der Waals surface area (Å²) in [5.41, 5.74) is 4.72. The molecule has 0 spiro atoms. The van der Waals surface area contributed by atoms with Crippen LogP contribution < -0.4 is 0 Å². The van der Waals surface area contributed by atoms with E-state index in [0.29, 0.717) is 0 Å². The molecule has 4 rings (SSSR count). The highest BCUT2D eigenvalue weighted by atomic mass is 16.3. The van der Waals surface area contributed by atoms with Gasteiger partial charge in [0.05, 0.1) is 11.3 Å². The van der Waals surface area contributed by atoms with Crippen LogP contribution in [0.1, 0.15) is 5.56 Å². The van der Waals surface area contributed by atoms with E-state index in [9.17, 15) is 0 Å². The largest absolute Gasteiger partial charge is 0.455 e. The minimum atomic E-state index is 0.847. The average Bonchev–Trinajstić information content (AvgIpc) is 2.86. The molecule has 0 aliphatic heterocycles. The van der Waals surface area contributed by atoms with Crippen LogP contribution in [-0.4, -0.2) is 9.97 Å². The molecule has 3 heteroatoms. The zero-order valence-electron chi connectivity index (χ0n) is 11.0. The van der Waals surface area contributed by atoms with Crippen molar-refractivity contribution in [1.82, 2.24) is 9.97 Å². The minimum Gasteiger partial charge on any atom is -0.455 e. The molecule has 0 bridgehead atoms. The molecular weight excluding hydrogens is 248 g/mol. The Morgan fingerprint density at radius 3 is 2.80 bits per heavy atom. The van der Waals surface area contributed by atoms with E-state index in [1.807, 2.05) is 48.9 Å². The van der Waals surface area contributed by atoms with E-state index in [4.69, 9.17) is 4.42 Å². The fraction of sp³-hybridized carbons (Fsp3) is 0.0588. The summed E-state index contributed by atoms with van der Waals surface area (Å²) in [7, 11) is 0. The number of hydrogen-bond acceptors (Lipinski definition) is 3. The second-order valence-electron chi connectivity index (χ2n) is 4.88. The van der Waals surface area contributed by atoms with Gasteiger partial charge in [-0.15, -0.1) is 0 Å². The topological polar surface area (TPSA) is 38.9 Å². The summed E-state index contributed by atoms with van der Waals surface area (Å²) >= 11 is 0. The number of furan rings is 1. The highest BCUT2D eigenvalue weighted by molar-refractivity contribution is 6.08. The van der Waals surface area contributed by atoms with Crippen molar-refractivity contribution in [2.24, 2.45) is 0 Å². The Balaban J connectivity index is 2.10. The molecule has 3 aromatic heterocycles. The summed E-state index contributed by atoms with van der Waals surface area (Å²) < 4.78 is 6.00. The van der Waals surface area contributed by atoms with E-state index >= 15 is 0 Å². The zero-order valence-corrected chi connectivity index (χ0v) is 11.0. The van der Waals surface area contributed by atoms with E-state index < -0.39 is 0 Å². The monoisotopic (exact) mass is 260 g/mol. The molecule has 3 nitrogen and oxygen atoms in total. The Morgan fingerprint density at radius 1 is 1.00 bits per heavy atom. The molecule has 4 aromatic rings. The normalized spacial score (nSPS) is 11.2. The highest BCUT2D eigenvalue weighted by Gasteiger charge is 2.12. The fourth-order valence-corrected chi connectivity index (χ4v) is 2.50. The summed E-state index contributed by atoms with van der Waals surface area (Å²) in [4.78, 5) is 8.77. The lowest BCUT2D eigenvalue weighted by molar-refractivity contribution is 0.669. The van der Waals surface area contributed by atoms with Crippen molar-refractivity contribution in [2.45, 2.75) is 6.92 Å². The van der Waals surface area contributed by atoms with Crippen molar-refractivity contribution in [3.05, 3.63) is 60.6 Å². The average molecular weight is 260 g/mol. The lowest BCUT2D eigenvalue weighted by atomic mass is 10.1.